The van der Waals surface area contributed by atoms with Gasteiger partial charge in [-0.25, -0.2) is 4.79 Å². The molecule has 1 N–H and O–H groups in total. The van der Waals surface area contributed by atoms with Crippen LogP contribution in [0.4, 0.5) is 0 Å². The number of aryl methyl sites for hydroxylation is 1. The average molecular weight is 442 g/mol. The summed E-state index contributed by atoms with van der Waals surface area (Å²) in [5, 5.41) is 0.969. The molecule has 0 spiro atoms. The number of H-pyrrole nitrogens is 1. The number of rotatable bonds is 9. The molecule has 0 aliphatic carbocycles. The fourth-order valence-corrected chi connectivity index (χ4v) is 3.91. The lowest BCUT2D eigenvalue weighted by molar-refractivity contribution is -0.145. The molecule has 4 aromatic rings. The van der Waals surface area contributed by atoms with Crippen molar-refractivity contribution in [3.63, 3.8) is 0 Å². The van der Waals surface area contributed by atoms with E-state index in [1.807, 2.05) is 60.7 Å². The van der Waals surface area contributed by atoms with Crippen LogP contribution in [0.5, 0.6) is 0 Å². The second-order valence-corrected chi connectivity index (χ2v) is 7.83. The van der Waals surface area contributed by atoms with E-state index in [0.29, 0.717) is 25.1 Å². The van der Waals surface area contributed by atoms with Gasteiger partial charge in [0.25, 0.3) is 0 Å². The molecule has 0 unspecified atom stereocenters. The first kappa shape index (κ1) is 22.3. The zero-order valence-corrected chi connectivity index (χ0v) is 18.7. The minimum atomic E-state index is -0.378. The van der Waals surface area contributed by atoms with Crippen LogP contribution in [0.2, 0.25) is 0 Å². The highest BCUT2D eigenvalue weighted by molar-refractivity contribution is 5.99. The van der Waals surface area contributed by atoms with Gasteiger partial charge in [-0.2, -0.15) is 0 Å². The number of fused-ring (bicyclic) bond motifs is 1. The summed E-state index contributed by atoms with van der Waals surface area (Å²) in [6.45, 7) is 2.35. The number of aromatic amines is 1. The van der Waals surface area contributed by atoms with Crippen LogP contribution in [0, 0.1) is 0 Å². The van der Waals surface area contributed by atoms with Gasteiger partial charge < -0.3 is 14.5 Å². The maximum absolute atomic E-state index is 12.6. The van der Waals surface area contributed by atoms with E-state index in [-0.39, 0.29) is 25.0 Å². The molecule has 0 aliphatic rings. The first-order valence-corrected chi connectivity index (χ1v) is 11.2. The molecule has 3 aromatic carbocycles. The highest BCUT2D eigenvalue weighted by atomic mass is 16.5. The van der Waals surface area contributed by atoms with Crippen LogP contribution >= 0.6 is 0 Å². The topological polar surface area (TPSA) is 68.4 Å². The predicted molar refractivity (Wildman–Crippen MR) is 129 cm³/mol. The second-order valence-electron chi connectivity index (χ2n) is 7.83. The summed E-state index contributed by atoms with van der Waals surface area (Å²) in [7, 11) is 0. The summed E-state index contributed by atoms with van der Waals surface area (Å²) in [6.07, 6.45) is 1.41. The molecule has 0 amide bonds. The lowest BCUT2D eigenvalue weighted by atomic mass is 9.99. The maximum Gasteiger partial charge on any atom is 0.355 e. The van der Waals surface area contributed by atoms with E-state index >= 15 is 0 Å². The largest absolute Gasteiger partial charge is 0.461 e. The molecule has 4 rings (SSSR count). The molecule has 0 fully saturated rings. The monoisotopic (exact) mass is 441 g/mol. The van der Waals surface area contributed by atoms with E-state index in [0.717, 1.165) is 33.2 Å². The molecule has 168 valence electrons. The van der Waals surface area contributed by atoms with Gasteiger partial charge in [0, 0.05) is 17.3 Å². The van der Waals surface area contributed by atoms with Crippen molar-refractivity contribution in [1.82, 2.24) is 4.98 Å². The molecule has 5 heteroatoms. The average Bonchev–Trinajstić information content (AvgIpc) is 3.22. The molecular weight excluding hydrogens is 414 g/mol. The Balaban J connectivity index is 1.51. The van der Waals surface area contributed by atoms with Gasteiger partial charge in [0.15, 0.2) is 0 Å². The number of nitrogens with one attached hydrogen (secondary N) is 1. The number of hydrogen-bond donors (Lipinski definition) is 1. The number of benzene rings is 3. The summed E-state index contributed by atoms with van der Waals surface area (Å²) in [6, 6.07) is 25.8. The molecule has 0 saturated carbocycles. The minimum Gasteiger partial charge on any atom is -0.461 e. The Morgan fingerprint density at radius 3 is 2.30 bits per heavy atom. The van der Waals surface area contributed by atoms with Crippen LogP contribution < -0.4 is 0 Å². The van der Waals surface area contributed by atoms with Crippen LogP contribution in [0.15, 0.2) is 78.9 Å². The number of carbonyl (C=O) groups excluding carboxylic acids is 2. The van der Waals surface area contributed by atoms with Crippen molar-refractivity contribution < 1.29 is 19.1 Å². The van der Waals surface area contributed by atoms with E-state index < -0.39 is 0 Å². The Labute approximate surface area is 193 Å². The van der Waals surface area contributed by atoms with Crippen molar-refractivity contribution in [3.8, 4) is 11.1 Å². The highest BCUT2D eigenvalue weighted by Crippen LogP contribution is 2.30. The van der Waals surface area contributed by atoms with E-state index in [4.69, 9.17) is 9.47 Å². The summed E-state index contributed by atoms with van der Waals surface area (Å²) in [4.78, 5) is 28.1. The maximum atomic E-state index is 12.6. The second kappa shape index (κ2) is 10.6. The predicted octanol–water partition coefficient (Wildman–Crippen LogP) is 6.08. The van der Waals surface area contributed by atoms with Crippen LogP contribution in [0.1, 0.15) is 41.4 Å². The molecule has 5 nitrogen and oxygen atoms in total. The zero-order chi connectivity index (χ0) is 23.0. The lowest BCUT2D eigenvalue weighted by Crippen LogP contribution is -2.09. The molecule has 0 atom stereocenters. The van der Waals surface area contributed by atoms with Crippen LogP contribution in [0.25, 0.3) is 22.0 Å². The molecule has 0 bridgehead atoms. The van der Waals surface area contributed by atoms with Gasteiger partial charge in [-0.15, -0.1) is 0 Å². The third-order valence-electron chi connectivity index (χ3n) is 5.54. The Morgan fingerprint density at radius 1 is 0.848 bits per heavy atom. The van der Waals surface area contributed by atoms with Gasteiger partial charge in [-0.3, -0.25) is 4.79 Å². The summed E-state index contributed by atoms with van der Waals surface area (Å²) in [5.74, 6) is -0.627. The summed E-state index contributed by atoms with van der Waals surface area (Å²) >= 11 is 0. The highest BCUT2D eigenvalue weighted by Gasteiger charge is 2.19. The Hall–Kier alpha value is -3.86. The van der Waals surface area contributed by atoms with Gasteiger partial charge >= 0.3 is 11.9 Å². The smallest absolute Gasteiger partial charge is 0.355 e. The standard InChI is InChI=1S/C28H27NO4/c1-2-32-28(31)27-23(14-9-15-26(30)33-19-20-10-5-3-6-11-20)24-18-22(16-17-25(24)29-27)21-12-7-4-8-13-21/h3-8,10-13,16-18,29H,2,9,14-15,19H2,1H3. The number of ether oxygens (including phenoxy) is 2. The van der Waals surface area contributed by atoms with Gasteiger partial charge in [-0.05, 0) is 54.2 Å². The minimum absolute atomic E-state index is 0.249. The molecule has 1 heterocycles. The van der Waals surface area contributed by atoms with Crippen LogP contribution in [-0.2, 0) is 27.3 Å². The van der Waals surface area contributed by atoms with E-state index in [1.54, 1.807) is 6.92 Å². The lowest BCUT2D eigenvalue weighted by Gasteiger charge is -2.07. The van der Waals surface area contributed by atoms with Crippen LogP contribution in [-0.4, -0.2) is 23.5 Å². The number of aromatic nitrogens is 1. The molecule has 0 saturated heterocycles. The molecule has 1 aromatic heterocycles. The van der Waals surface area contributed by atoms with E-state index in [9.17, 15) is 9.59 Å². The SMILES string of the molecule is CCOC(=O)c1[nH]c2ccc(-c3ccccc3)cc2c1CCCC(=O)OCc1ccccc1. The zero-order valence-electron chi connectivity index (χ0n) is 18.7. The van der Waals surface area contributed by atoms with Crippen molar-refractivity contribution in [2.24, 2.45) is 0 Å². The molecular formula is C28H27NO4. The number of esters is 2. The van der Waals surface area contributed by atoms with E-state index in [1.165, 1.54) is 0 Å². The molecule has 0 aliphatic heterocycles. The van der Waals surface area contributed by atoms with Gasteiger partial charge in [-0.1, -0.05) is 66.7 Å². The van der Waals surface area contributed by atoms with Crippen molar-refractivity contribution in [2.45, 2.75) is 32.8 Å². The van der Waals surface area contributed by atoms with Crippen molar-refractivity contribution >= 4 is 22.8 Å². The third-order valence-corrected chi connectivity index (χ3v) is 5.54. The first-order chi connectivity index (χ1) is 16.2. The molecule has 33 heavy (non-hydrogen) atoms. The fourth-order valence-electron chi connectivity index (χ4n) is 3.91. The van der Waals surface area contributed by atoms with E-state index in [2.05, 4.69) is 23.2 Å². The number of carbonyl (C=O) groups is 2. The Bertz CT molecular complexity index is 1230. The normalized spacial score (nSPS) is 10.8. The third kappa shape index (κ3) is 5.50. The first-order valence-electron chi connectivity index (χ1n) is 11.2. The quantitative estimate of drug-likeness (QED) is 0.320. The van der Waals surface area contributed by atoms with Crippen molar-refractivity contribution in [3.05, 3.63) is 95.7 Å². The van der Waals surface area contributed by atoms with Crippen LogP contribution in [0.3, 0.4) is 0 Å². The number of hydrogen-bond acceptors (Lipinski definition) is 4. The Kier molecular flexibility index (Phi) is 7.20. The van der Waals surface area contributed by atoms with Gasteiger partial charge in [0.2, 0.25) is 0 Å². The summed E-state index contributed by atoms with van der Waals surface area (Å²) in [5.41, 5.74) is 5.33. The summed E-state index contributed by atoms with van der Waals surface area (Å²) < 4.78 is 10.7. The van der Waals surface area contributed by atoms with Gasteiger partial charge in [0.05, 0.1) is 6.61 Å². The molecule has 0 radical (unpaired) electrons. The van der Waals surface area contributed by atoms with Gasteiger partial charge in [0.1, 0.15) is 12.3 Å². The fraction of sp³-hybridized carbons (Fsp3) is 0.214. The Morgan fingerprint density at radius 2 is 1.58 bits per heavy atom. The van der Waals surface area contributed by atoms with Crippen molar-refractivity contribution in [1.29, 1.82) is 0 Å². The van der Waals surface area contributed by atoms with Crippen molar-refractivity contribution in [2.75, 3.05) is 6.61 Å².